The van der Waals surface area contributed by atoms with Gasteiger partial charge < -0.3 is 14.7 Å². The Kier molecular flexibility index (Phi) is 3.52. The molecule has 0 saturated heterocycles. The smallest absolute Gasteiger partial charge is 0.334 e. The summed E-state index contributed by atoms with van der Waals surface area (Å²) in [6.45, 7) is 7.57. The molecule has 6 nitrogen and oxygen atoms in total. The van der Waals surface area contributed by atoms with E-state index in [2.05, 4.69) is 10.2 Å². The molecule has 0 radical (unpaired) electrons. The van der Waals surface area contributed by atoms with Gasteiger partial charge in [0.1, 0.15) is 17.0 Å². The molecule has 1 aliphatic rings. The van der Waals surface area contributed by atoms with E-state index in [0.29, 0.717) is 23.6 Å². The van der Waals surface area contributed by atoms with Crippen LogP contribution in [-0.4, -0.2) is 17.3 Å². The highest BCUT2D eigenvalue weighted by molar-refractivity contribution is 5.29. The molecule has 122 valence electrons. The average Bonchev–Trinajstić information content (AvgIpc) is 2.67. The van der Waals surface area contributed by atoms with E-state index in [1.54, 1.807) is 7.11 Å². The van der Waals surface area contributed by atoms with Crippen molar-refractivity contribution in [2.75, 3.05) is 7.11 Å². The number of benzene rings is 1. The van der Waals surface area contributed by atoms with Gasteiger partial charge in [-0.25, -0.2) is 4.73 Å². The van der Waals surface area contributed by atoms with Gasteiger partial charge in [-0.15, -0.1) is 0 Å². The molecular weight excluding hydrogens is 294 g/mol. The van der Waals surface area contributed by atoms with Gasteiger partial charge in [-0.1, -0.05) is 12.1 Å². The molecule has 0 amide bonds. The molecule has 1 aromatic heterocycles. The maximum Gasteiger partial charge on any atom is 0.334 e. The van der Waals surface area contributed by atoms with Crippen LogP contribution in [0.1, 0.15) is 50.5 Å². The second-order valence-electron chi connectivity index (χ2n) is 6.76. The fraction of sp³-hybridized carbons (Fsp3) is 0.471. The molecular formula is C17H21N3O3. The summed E-state index contributed by atoms with van der Waals surface area (Å²) in [6, 6.07) is 7.56. The largest absolute Gasteiger partial charge is 0.710 e. The summed E-state index contributed by atoms with van der Waals surface area (Å²) in [5.74, 6) is 1.14. The predicted molar refractivity (Wildman–Crippen MR) is 83.9 cm³/mol. The van der Waals surface area contributed by atoms with E-state index in [-0.39, 0.29) is 0 Å². The van der Waals surface area contributed by atoms with Gasteiger partial charge >= 0.3 is 5.82 Å². The molecule has 0 saturated carbocycles. The van der Waals surface area contributed by atoms with Crippen molar-refractivity contribution in [2.24, 2.45) is 0 Å². The second kappa shape index (κ2) is 5.16. The Morgan fingerprint density at radius 1 is 1.09 bits per heavy atom. The van der Waals surface area contributed by atoms with Crippen molar-refractivity contribution in [3.8, 4) is 5.75 Å². The van der Waals surface area contributed by atoms with Crippen LogP contribution in [0.5, 0.6) is 5.75 Å². The van der Waals surface area contributed by atoms with E-state index in [4.69, 9.17) is 9.47 Å². The van der Waals surface area contributed by atoms with E-state index in [0.717, 1.165) is 16.0 Å². The van der Waals surface area contributed by atoms with Crippen molar-refractivity contribution in [3.05, 3.63) is 52.2 Å². The summed E-state index contributed by atoms with van der Waals surface area (Å²) in [7, 11) is 1.62. The van der Waals surface area contributed by atoms with Crippen molar-refractivity contribution in [3.63, 3.8) is 0 Å². The number of rotatable bonds is 3. The Bertz CT molecular complexity index is 739. The molecule has 2 heterocycles. The van der Waals surface area contributed by atoms with Gasteiger partial charge in [0.25, 0.3) is 0 Å². The molecule has 3 rings (SSSR count). The Labute approximate surface area is 135 Å². The van der Waals surface area contributed by atoms with Crippen LogP contribution < -0.4 is 9.47 Å². The Hall–Kier alpha value is -2.21. The average molecular weight is 315 g/mol. The lowest BCUT2D eigenvalue weighted by Crippen LogP contribution is -2.44. The summed E-state index contributed by atoms with van der Waals surface area (Å²) in [5, 5.41) is 21.2. The number of ether oxygens (including phenoxy) is 2. The summed E-state index contributed by atoms with van der Waals surface area (Å²) >= 11 is 0. The van der Waals surface area contributed by atoms with Crippen LogP contribution >= 0.6 is 0 Å². The third-order valence-corrected chi connectivity index (χ3v) is 4.10. The van der Waals surface area contributed by atoms with Crippen molar-refractivity contribution >= 4 is 0 Å². The molecule has 0 N–H and O–H groups in total. The third kappa shape index (κ3) is 2.63. The topological polar surface area (TPSA) is 71.2 Å². The van der Waals surface area contributed by atoms with Gasteiger partial charge in [0.15, 0.2) is 11.4 Å². The Morgan fingerprint density at radius 2 is 1.74 bits per heavy atom. The summed E-state index contributed by atoms with van der Waals surface area (Å²) < 4.78 is 12.0. The van der Waals surface area contributed by atoms with Crippen LogP contribution in [0, 0.1) is 5.21 Å². The quantitative estimate of drug-likeness (QED) is 0.641. The lowest BCUT2D eigenvalue weighted by molar-refractivity contribution is -0.632. The number of aromatic nitrogens is 3. The number of hydrogen-bond donors (Lipinski definition) is 0. The van der Waals surface area contributed by atoms with Crippen LogP contribution in [0.4, 0.5) is 0 Å². The van der Waals surface area contributed by atoms with Crippen molar-refractivity contribution in [2.45, 2.75) is 45.3 Å². The molecule has 6 heteroatoms. The van der Waals surface area contributed by atoms with Crippen LogP contribution in [0.3, 0.4) is 0 Å². The van der Waals surface area contributed by atoms with E-state index in [1.807, 2.05) is 52.0 Å². The lowest BCUT2D eigenvalue weighted by atomic mass is 10.0. The van der Waals surface area contributed by atoms with Crippen LogP contribution in [0.2, 0.25) is 0 Å². The molecule has 0 fully saturated rings. The first-order valence-corrected chi connectivity index (χ1v) is 7.58. The molecule has 1 aromatic carbocycles. The zero-order valence-electron chi connectivity index (χ0n) is 14.1. The molecule has 2 aromatic rings. The summed E-state index contributed by atoms with van der Waals surface area (Å²) in [5.41, 5.74) is 0.819. The van der Waals surface area contributed by atoms with Crippen molar-refractivity contribution in [1.82, 2.24) is 10.2 Å². The Balaban J connectivity index is 1.99. The normalized spacial score (nSPS) is 17.8. The fourth-order valence-corrected chi connectivity index (χ4v) is 3.12. The lowest BCUT2D eigenvalue weighted by Gasteiger charge is -2.23. The van der Waals surface area contributed by atoms with Gasteiger partial charge in [0, 0.05) is 0 Å². The van der Waals surface area contributed by atoms with Gasteiger partial charge in [-0.05, 0) is 50.5 Å². The highest BCUT2D eigenvalue weighted by Crippen LogP contribution is 2.43. The summed E-state index contributed by atoms with van der Waals surface area (Å²) in [6.07, 6.45) is 0.407. The zero-order chi connectivity index (χ0) is 16.8. The van der Waals surface area contributed by atoms with E-state index in [1.165, 1.54) is 0 Å². The maximum atomic E-state index is 12.8. The zero-order valence-corrected chi connectivity index (χ0v) is 14.1. The van der Waals surface area contributed by atoms with Crippen LogP contribution in [0.15, 0.2) is 24.3 Å². The minimum atomic E-state index is -0.689. The SMILES string of the molecule is COc1ccc(Cc2nnc3c([n+]2[O-])C(C)(C)OC3(C)C)cc1. The number of methoxy groups -OCH3 is 1. The highest BCUT2D eigenvalue weighted by Gasteiger charge is 2.50. The van der Waals surface area contributed by atoms with E-state index < -0.39 is 11.2 Å². The number of hydrogen-bond acceptors (Lipinski definition) is 5. The number of fused-ring (bicyclic) bond motifs is 1. The second-order valence-corrected chi connectivity index (χ2v) is 6.76. The number of nitrogens with zero attached hydrogens (tertiary/aromatic N) is 3. The highest BCUT2D eigenvalue weighted by atomic mass is 16.5. The minimum Gasteiger partial charge on any atom is -0.710 e. The van der Waals surface area contributed by atoms with Crippen molar-refractivity contribution in [1.29, 1.82) is 0 Å². The fourth-order valence-electron chi connectivity index (χ4n) is 3.12. The standard InChI is InChI=1S/C17H21N3O3/c1-16(2)14-15(17(3,4)23-16)20(21)13(18-19-14)10-11-6-8-12(22-5)9-7-11/h6-9H,10H2,1-5H3. The predicted octanol–water partition coefficient (Wildman–Crippen LogP) is 2.21. The molecule has 0 atom stereocenters. The van der Waals surface area contributed by atoms with E-state index in [9.17, 15) is 5.21 Å². The van der Waals surface area contributed by atoms with E-state index >= 15 is 0 Å². The van der Waals surface area contributed by atoms with Crippen molar-refractivity contribution < 1.29 is 14.2 Å². The Morgan fingerprint density at radius 3 is 2.35 bits per heavy atom. The molecule has 0 aliphatic carbocycles. The van der Waals surface area contributed by atoms with Gasteiger partial charge in [-0.2, -0.15) is 0 Å². The molecule has 23 heavy (non-hydrogen) atoms. The third-order valence-electron chi connectivity index (χ3n) is 4.10. The monoisotopic (exact) mass is 315 g/mol. The first-order chi connectivity index (χ1) is 10.7. The molecule has 0 unspecified atom stereocenters. The first-order valence-electron chi connectivity index (χ1n) is 7.58. The first kappa shape index (κ1) is 15.7. The minimum absolute atomic E-state index is 0.364. The van der Waals surface area contributed by atoms with Crippen LogP contribution in [0.25, 0.3) is 0 Å². The molecule has 1 aliphatic heterocycles. The molecule has 0 spiro atoms. The maximum absolute atomic E-state index is 12.8. The van der Waals surface area contributed by atoms with Gasteiger partial charge in [0.05, 0.1) is 18.6 Å². The van der Waals surface area contributed by atoms with Gasteiger partial charge in [0.2, 0.25) is 0 Å². The molecule has 0 bridgehead atoms. The van der Waals surface area contributed by atoms with Crippen LogP contribution in [-0.2, 0) is 22.4 Å². The summed E-state index contributed by atoms with van der Waals surface area (Å²) in [4.78, 5) is 0. The van der Waals surface area contributed by atoms with Gasteiger partial charge in [-0.3, -0.25) is 0 Å².